The van der Waals surface area contributed by atoms with Crippen LogP contribution in [-0.4, -0.2) is 0 Å². The topological polar surface area (TPSA) is 3.24 Å². The predicted molar refractivity (Wildman–Crippen MR) is 285 cm³/mol. The Morgan fingerprint density at radius 2 is 0.870 bits per heavy atom. The van der Waals surface area contributed by atoms with Gasteiger partial charge in [-0.2, -0.15) is 0 Å². The van der Waals surface area contributed by atoms with Crippen LogP contribution in [0.25, 0.3) is 44.5 Å². The van der Waals surface area contributed by atoms with Gasteiger partial charge in [-0.05, 0) is 201 Å². The van der Waals surface area contributed by atoms with Gasteiger partial charge in [-0.1, -0.05) is 175 Å². The van der Waals surface area contributed by atoms with Gasteiger partial charge in [0.2, 0.25) is 0 Å². The summed E-state index contributed by atoms with van der Waals surface area (Å²) >= 11 is 0. The third-order valence-electron chi connectivity index (χ3n) is 18.3. The number of benzene rings is 9. The van der Waals surface area contributed by atoms with Crippen LogP contribution in [0.1, 0.15) is 82.2 Å². The van der Waals surface area contributed by atoms with E-state index in [1.165, 1.54) is 133 Å². The van der Waals surface area contributed by atoms with Gasteiger partial charge in [0, 0.05) is 22.5 Å². The van der Waals surface area contributed by atoms with Gasteiger partial charge in [-0.3, -0.25) is 0 Å². The zero-order chi connectivity index (χ0) is 45.4. The summed E-state index contributed by atoms with van der Waals surface area (Å²) in [6.07, 6.45) is 8.99. The third kappa shape index (κ3) is 5.59. The molecule has 16 rings (SSSR count). The molecular formula is C68H55N. The van der Waals surface area contributed by atoms with Crippen molar-refractivity contribution >= 4 is 17.1 Å². The van der Waals surface area contributed by atoms with E-state index in [0.717, 1.165) is 24.7 Å². The van der Waals surface area contributed by atoms with Crippen molar-refractivity contribution in [2.24, 2.45) is 23.7 Å². The van der Waals surface area contributed by atoms with Crippen molar-refractivity contribution in [3.05, 3.63) is 256 Å². The van der Waals surface area contributed by atoms with Crippen LogP contribution in [0, 0.1) is 30.6 Å². The fraction of sp³-hybridized carbons (Fsp3) is 0.206. The van der Waals surface area contributed by atoms with Gasteiger partial charge in [0.15, 0.2) is 0 Å². The molecule has 1 atom stereocenters. The Kier molecular flexibility index (Phi) is 8.58. The van der Waals surface area contributed by atoms with E-state index >= 15 is 0 Å². The van der Waals surface area contributed by atoms with Crippen molar-refractivity contribution in [1.29, 1.82) is 0 Å². The standard InChI is InChI=1S/C68H55N/c1-43-22-33-62-51(34-43)28-27-49-14-5-8-19-61(49)68(62)64-21-10-7-18-58(64)60-32-30-56(42-66(60)68)69(54-16-11-15-50(40-54)48-25-23-47(24-26-48)46-12-3-2-4-13-46)55-29-31-59-57-17-6-9-20-63(57)67(65(59)41-55)52-36-44-35-45(38-52)39-53(67)37-44/h2-26,29-34,40-42,44-45,52-53H,27-28,35-39H2,1H3. The van der Waals surface area contributed by atoms with E-state index < -0.39 is 5.41 Å². The molecule has 0 radical (unpaired) electrons. The molecule has 9 aromatic carbocycles. The van der Waals surface area contributed by atoms with Crippen LogP contribution in [-0.2, 0) is 23.7 Å². The minimum absolute atomic E-state index is 0.0684. The van der Waals surface area contributed by atoms with Crippen LogP contribution in [0.15, 0.2) is 206 Å². The maximum atomic E-state index is 2.68. The molecule has 1 heteroatoms. The van der Waals surface area contributed by atoms with Gasteiger partial charge < -0.3 is 4.90 Å². The molecule has 4 fully saturated rings. The Bertz CT molecular complexity index is 3510. The number of anilines is 3. The van der Waals surface area contributed by atoms with E-state index in [1.807, 2.05) is 0 Å². The van der Waals surface area contributed by atoms with Gasteiger partial charge >= 0.3 is 0 Å². The lowest BCUT2D eigenvalue weighted by Gasteiger charge is -2.61. The summed E-state index contributed by atoms with van der Waals surface area (Å²) in [4.78, 5) is 2.62. The van der Waals surface area contributed by atoms with Gasteiger partial charge in [0.05, 0.1) is 5.41 Å². The molecule has 1 nitrogen and oxygen atoms in total. The largest absolute Gasteiger partial charge is 0.310 e. The molecule has 0 N–H and O–H groups in total. The van der Waals surface area contributed by atoms with E-state index in [0.29, 0.717) is 11.8 Å². The van der Waals surface area contributed by atoms with Gasteiger partial charge in [0.25, 0.3) is 0 Å². The molecule has 7 aliphatic rings. The number of nitrogens with zero attached hydrogens (tertiary/aromatic N) is 1. The molecule has 0 aliphatic heterocycles. The highest BCUT2D eigenvalue weighted by molar-refractivity contribution is 5.92. The molecule has 0 amide bonds. The molecule has 4 saturated carbocycles. The minimum atomic E-state index is -0.462. The highest BCUT2D eigenvalue weighted by Gasteiger charge is 2.61. The molecule has 69 heavy (non-hydrogen) atoms. The van der Waals surface area contributed by atoms with E-state index in [-0.39, 0.29) is 5.41 Å². The molecule has 7 aliphatic carbocycles. The zero-order valence-corrected chi connectivity index (χ0v) is 39.3. The lowest BCUT2D eigenvalue weighted by molar-refractivity contribution is -0.0399. The molecule has 1 unspecified atom stereocenters. The van der Waals surface area contributed by atoms with Crippen LogP contribution in [0.2, 0.25) is 0 Å². The number of hydrogen-bond donors (Lipinski definition) is 0. The maximum Gasteiger partial charge on any atom is 0.0719 e. The first-order chi connectivity index (χ1) is 34.1. The maximum absolute atomic E-state index is 2.68. The Hall–Kier alpha value is -7.22. The lowest BCUT2D eigenvalue weighted by Crippen LogP contribution is -2.55. The van der Waals surface area contributed by atoms with Crippen LogP contribution >= 0.6 is 0 Å². The third-order valence-corrected chi connectivity index (χ3v) is 18.3. The van der Waals surface area contributed by atoms with Crippen LogP contribution in [0.4, 0.5) is 17.1 Å². The average molecular weight is 886 g/mol. The van der Waals surface area contributed by atoms with Gasteiger partial charge in [-0.15, -0.1) is 0 Å². The van der Waals surface area contributed by atoms with Crippen molar-refractivity contribution in [3.63, 3.8) is 0 Å². The second-order valence-electron chi connectivity index (χ2n) is 21.6. The van der Waals surface area contributed by atoms with Crippen LogP contribution < -0.4 is 4.90 Å². The number of hydrogen-bond acceptors (Lipinski definition) is 1. The van der Waals surface area contributed by atoms with E-state index in [9.17, 15) is 0 Å². The quantitative estimate of drug-likeness (QED) is 0.166. The summed E-state index contributed by atoms with van der Waals surface area (Å²) in [5, 5.41) is 0. The number of fused-ring (bicyclic) bond motifs is 12. The van der Waals surface area contributed by atoms with Crippen molar-refractivity contribution in [1.82, 2.24) is 0 Å². The predicted octanol–water partition coefficient (Wildman–Crippen LogP) is 17.0. The number of aryl methyl sites for hydroxylation is 3. The molecular weight excluding hydrogens is 831 g/mol. The van der Waals surface area contributed by atoms with Crippen molar-refractivity contribution in [2.75, 3.05) is 4.90 Å². The van der Waals surface area contributed by atoms with Crippen molar-refractivity contribution < 1.29 is 0 Å². The molecule has 4 bridgehead atoms. The van der Waals surface area contributed by atoms with Crippen LogP contribution in [0.3, 0.4) is 0 Å². The summed E-state index contributed by atoms with van der Waals surface area (Å²) in [5.41, 5.74) is 26.8. The summed E-state index contributed by atoms with van der Waals surface area (Å²) in [7, 11) is 0. The SMILES string of the molecule is Cc1ccc2c(c1)CCc1ccccc1C21c2ccccc2-c2ccc(N(c3cccc(-c4ccc(-c5ccccc5)cc4)c3)c3ccc4c(c3)C3(c5ccccc5-4)C4CC5CC(C4)CC3C5)cc21. The summed E-state index contributed by atoms with van der Waals surface area (Å²) < 4.78 is 0. The van der Waals surface area contributed by atoms with Gasteiger partial charge in [0.1, 0.15) is 0 Å². The highest BCUT2D eigenvalue weighted by atomic mass is 15.1. The number of rotatable bonds is 5. The lowest BCUT2D eigenvalue weighted by atomic mass is 9.43. The molecule has 0 saturated heterocycles. The van der Waals surface area contributed by atoms with E-state index in [2.05, 4.69) is 218 Å². The average Bonchev–Trinajstić information content (AvgIpc) is 3.79. The van der Waals surface area contributed by atoms with Crippen LogP contribution in [0.5, 0.6) is 0 Å². The zero-order valence-electron chi connectivity index (χ0n) is 39.3. The summed E-state index contributed by atoms with van der Waals surface area (Å²) in [6, 6.07) is 79.8. The fourth-order valence-corrected chi connectivity index (χ4v) is 15.8. The first-order valence-electron chi connectivity index (χ1n) is 25.8. The monoisotopic (exact) mass is 885 g/mol. The van der Waals surface area contributed by atoms with E-state index in [1.54, 1.807) is 11.1 Å². The molecule has 332 valence electrons. The fourth-order valence-electron chi connectivity index (χ4n) is 15.8. The molecule has 2 spiro atoms. The van der Waals surface area contributed by atoms with Crippen molar-refractivity contribution in [2.45, 2.75) is 62.7 Å². The Balaban J connectivity index is 0.963. The molecule has 0 aromatic heterocycles. The second kappa shape index (κ2) is 14.9. The minimum Gasteiger partial charge on any atom is -0.310 e. The summed E-state index contributed by atoms with van der Waals surface area (Å²) in [6.45, 7) is 2.26. The van der Waals surface area contributed by atoms with Crippen molar-refractivity contribution in [3.8, 4) is 44.5 Å². The van der Waals surface area contributed by atoms with Gasteiger partial charge in [-0.25, -0.2) is 0 Å². The molecule has 9 aromatic rings. The smallest absolute Gasteiger partial charge is 0.0719 e. The Morgan fingerprint density at radius 1 is 0.348 bits per heavy atom. The molecule has 0 heterocycles. The normalized spacial score (nSPS) is 23.7. The van der Waals surface area contributed by atoms with E-state index in [4.69, 9.17) is 0 Å². The summed E-state index contributed by atoms with van der Waals surface area (Å²) in [5.74, 6) is 3.17. The second-order valence-corrected chi connectivity index (χ2v) is 21.6. The first kappa shape index (κ1) is 39.7. The highest BCUT2D eigenvalue weighted by Crippen LogP contribution is 2.70. The first-order valence-corrected chi connectivity index (χ1v) is 25.8. The Labute approximate surface area is 407 Å². The Morgan fingerprint density at radius 3 is 1.61 bits per heavy atom.